The fourth-order valence-corrected chi connectivity index (χ4v) is 1.69. The zero-order valence-electron chi connectivity index (χ0n) is 11.1. The van der Waals surface area contributed by atoms with E-state index in [1.165, 1.54) is 0 Å². The quantitative estimate of drug-likeness (QED) is 0.786. The SMILES string of the molecule is Nc1ncccc1C(=O)NCCCOc1ccccc1. The van der Waals surface area contributed by atoms with E-state index in [2.05, 4.69) is 10.3 Å². The molecule has 2 aromatic rings. The predicted molar refractivity (Wildman–Crippen MR) is 77.5 cm³/mol. The number of ether oxygens (including phenoxy) is 1. The van der Waals surface area contributed by atoms with Crippen LogP contribution in [0.5, 0.6) is 5.75 Å². The highest BCUT2D eigenvalue weighted by Crippen LogP contribution is 2.08. The number of nitrogens with one attached hydrogen (secondary N) is 1. The van der Waals surface area contributed by atoms with Gasteiger partial charge in [-0.15, -0.1) is 0 Å². The van der Waals surface area contributed by atoms with Gasteiger partial charge in [0.25, 0.3) is 5.91 Å². The number of carbonyl (C=O) groups excluding carboxylic acids is 1. The Morgan fingerprint density at radius 2 is 2.00 bits per heavy atom. The maximum absolute atomic E-state index is 11.8. The number of benzene rings is 1. The molecule has 1 aromatic heterocycles. The summed E-state index contributed by atoms with van der Waals surface area (Å²) in [4.78, 5) is 15.7. The highest BCUT2D eigenvalue weighted by atomic mass is 16.5. The highest BCUT2D eigenvalue weighted by molar-refractivity contribution is 5.98. The maximum atomic E-state index is 11.8. The second kappa shape index (κ2) is 7.13. The zero-order valence-corrected chi connectivity index (χ0v) is 11.1. The summed E-state index contributed by atoms with van der Waals surface area (Å²) in [7, 11) is 0. The Bertz CT molecular complexity index is 558. The summed E-state index contributed by atoms with van der Waals surface area (Å²) in [6, 6.07) is 12.9. The van der Waals surface area contributed by atoms with E-state index in [9.17, 15) is 4.79 Å². The maximum Gasteiger partial charge on any atom is 0.255 e. The number of rotatable bonds is 6. The van der Waals surface area contributed by atoms with E-state index >= 15 is 0 Å². The normalized spacial score (nSPS) is 10.0. The number of aromatic nitrogens is 1. The van der Waals surface area contributed by atoms with Gasteiger partial charge in [-0.05, 0) is 30.7 Å². The molecule has 0 spiro atoms. The summed E-state index contributed by atoms with van der Waals surface area (Å²) in [6.45, 7) is 1.08. The van der Waals surface area contributed by atoms with Crippen LogP contribution in [0.1, 0.15) is 16.8 Å². The lowest BCUT2D eigenvalue weighted by atomic mass is 10.2. The van der Waals surface area contributed by atoms with Crippen molar-refractivity contribution < 1.29 is 9.53 Å². The molecule has 0 atom stereocenters. The van der Waals surface area contributed by atoms with Crippen molar-refractivity contribution in [2.45, 2.75) is 6.42 Å². The molecule has 2 rings (SSSR count). The van der Waals surface area contributed by atoms with E-state index in [0.717, 1.165) is 12.2 Å². The molecule has 0 unspecified atom stereocenters. The molecule has 0 radical (unpaired) electrons. The van der Waals surface area contributed by atoms with Crippen LogP contribution in [0.2, 0.25) is 0 Å². The number of pyridine rings is 1. The molecule has 0 saturated heterocycles. The molecule has 0 aliphatic rings. The number of nitrogen functional groups attached to an aromatic ring is 1. The molecule has 0 bridgehead atoms. The van der Waals surface area contributed by atoms with Crippen LogP contribution in [0, 0.1) is 0 Å². The highest BCUT2D eigenvalue weighted by Gasteiger charge is 2.08. The van der Waals surface area contributed by atoms with E-state index in [1.807, 2.05) is 30.3 Å². The molecular weight excluding hydrogens is 254 g/mol. The lowest BCUT2D eigenvalue weighted by Crippen LogP contribution is -2.26. The van der Waals surface area contributed by atoms with Gasteiger partial charge in [0.2, 0.25) is 0 Å². The second-order valence-corrected chi connectivity index (χ2v) is 4.21. The monoisotopic (exact) mass is 271 g/mol. The van der Waals surface area contributed by atoms with Gasteiger partial charge in [-0.1, -0.05) is 18.2 Å². The van der Waals surface area contributed by atoms with E-state index < -0.39 is 0 Å². The molecule has 0 aliphatic carbocycles. The molecule has 3 N–H and O–H groups in total. The van der Waals surface area contributed by atoms with Gasteiger partial charge >= 0.3 is 0 Å². The Balaban J connectivity index is 1.69. The van der Waals surface area contributed by atoms with E-state index in [1.54, 1.807) is 18.3 Å². The number of hydrogen-bond donors (Lipinski definition) is 2. The first-order valence-electron chi connectivity index (χ1n) is 6.44. The van der Waals surface area contributed by atoms with Crippen LogP contribution >= 0.6 is 0 Å². The molecule has 1 amide bonds. The summed E-state index contributed by atoms with van der Waals surface area (Å²) >= 11 is 0. The second-order valence-electron chi connectivity index (χ2n) is 4.21. The topological polar surface area (TPSA) is 77.2 Å². The van der Waals surface area contributed by atoms with Gasteiger partial charge in [0.1, 0.15) is 11.6 Å². The van der Waals surface area contributed by atoms with Crippen LogP contribution in [0.15, 0.2) is 48.7 Å². The molecule has 0 fully saturated rings. The van der Waals surface area contributed by atoms with Gasteiger partial charge < -0.3 is 15.8 Å². The molecule has 0 saturated carbocycles. The minimum atomic E-state index is -0.213. The minimum absolute atomic E-state index is 0.213. The van der Waals surface area contributed by atoms with Gasteiger partial charge in [-0.25, -0.2) is 4.98 Å². The lowest BCUT2D eigenvalue weighted by molar-refractivity contribution is 0.0952. The van der Waals surface area contributed by atoms with E-state index in [0.29, 0.717) is 18.7 Å². The molecule has 5 heteroatoms. The molecule has 104 valence electrons. The minimum Gasteiger partial charge on any atom is -0.494 e. The molecule has 5 nitrogen and oxygen atoms in total. The largest absolute Gasteiger partial charge is 0.494 e. The van der Waals surface area contributed by atoms with Gasteiger partial charge in [0, 0.05) is 12.7 Å². The van der Waals surface area contributed by atoms with Gasteiger partial charge in [-0.2, -0.15) is 0 Å². The van der Waals surface area contributed by atoms with Crippen molar-refractivity contribution in [3.63, 3.8) is 0 Å². The summed E-state index contributed by atoms with van der Waals surface area (Å²) in [6.07, 6.45) is 2.28. The van der Waals surface area contributed by atoms with Crippen molar-refractivity contribution in [2.24, 2.45) is 0 Å². The number of anilines is 1. The standard InChI is InChI=1S/C15H17N3O2/c16-14-13(8-4-9-17-14)15(19)18-10-5-11-20-12-6-2-1-3-7-12/h1-4,6-9H,5,10-11H2,(H2,16,17)(H,18,19). The Morgan fingerprint density at radius 1 is 1.20 bits per heavy atom. The van der Waals surface area contributed by atoms with Crippen LogP contribution in [-0.4, -0.2) is 24.0 Å². The summed E-state index contributed by atoms with van der Waals surface area (Å²) in [5.41, 5.74) is 6.03. The summed E-state index contributed by atoms with van der Waals surface area (Å²) in [5.74, 6) is 0.858. The third-order valence-electron chi connectivity index (χ3n) is 2.70. The number of para-hydroxylation sites is 1. The third kappa shape index (κ3) is 3.98. The van der Waals surface area contributed by atoms with E-state index in [-0.39, 0.29) is 11.7 Å². The van der Waals surface area contributed by atoms with Crippen molar-refractivity contribution in [2.75, 3.05) is 18.9 Å². The van der Waals surface area contributed by atoms with Gasteiger partial charge in [0.05, 0.1) is 12.2 Å². The fraction of sp³-hybridized carbons (Fsp3) is 0.200. The third-order valence-corrected chi connectivity index (χ3v) is 2.70. The fourth-order valence-electron chi connectivity index (χ4n) is 1.69. The average Bonchev–Trinajstić information content (AvgIpc) is 2.48. The van der Waals surface area contributed by atoms with Crippen LogP contribution < -0.4 is 15.8 Å². The van der Waals surface area contributed by atoms with Crippen LogP contribution in [0.3, 0.4) is 0 Å². The smallest absolute Gasteiger partial charge is 0.255 e. The molecular formula is C15H17N3O2. The first-order valence-corrected chi connectivity index (χ1v) is 6.44. The number of hydrogen-bond acceptors (Lipinski definition) is 4. The average molecular weight is 271 g/mol. The van der Waals surface area contributed by atoms with Crippen LogP contribution in [0.4, 0.5) is 5.82 Å². The molecule has 1 heterocycles. The molecule has 1 aromatic carbocycles. The van der Waals surface area contributed by atoms with Crippen LogP contribution in [0.25, 0.3) is 0 Å². The number of amides is 1. The Morgan fingerprint density at radius 3 is 2.75 bits per heavy atom. The Kier molecular flexibility index (Phi) is 4.94. The molecule has 0 aliphatic heterocycles. The van der Waals surface area contributed by atoms with Crippen molar-refractivity contribution in [3.8, 4) is 5.75 Å². The predicted octanol–water partition coefficient (Wildman–Crippen LogP) is 1.86. The van der Waals surface area contributed by atoms with Gasteiger partial charge in [0.15, 0.2) is 0 Å². The summed E-state index contributed by atoms with van der Waals surface area (Å²) in [5, 5.41) is 2.79. The Hall–Kier alpha value is -2.56. The van der Waals surface area contributed by atoms with Crippen molar-refractivity contribution >= 4 is 11.7 Å². The van der Waals surface area contributed by atoms with Crippen molar-refractivity contribution in [1.29, 1.82) is 0 Å². The first kappa shape index (κ1) is 13.9. The Labute approximate surface area is 117 Å². The van der Waals surface area contributed by atoms with Crippen molar-refractivity contribution in [3.05, 3.63) is 54.2 Å². The number of nitrogens with zero attached hydrogens (tertiary/aromatic N) is 1. The van der Waals surface area contributed by atoms with Crippen molar-refractivity contribution in [1.82, 2.24) is 10.3 Å². The number of carbonyl (C=O) groups is 1. The first-order chi connectivity index (χ1) is 9.77. The van der Waals surface area contributed by atoms with E-state index in [4.69, 9.17) is 10.5 Å². The lowest BCUT2D eigenvalue weighted by Gasteiger charge is -2.08. The van der Waals surface area contributed by atoms with Gasteiger partial charge in [-0.3, -0.25) is 4.79 Å². The summed E-state index contributed by atoms with van der Waals surface area (Å²) < 4.78 is 5.53. The number of nitrogens with two attached hydrogens (primary N) is 1. The van der Waals surface area contributed by atoms with Crippen LogP contribution in [-0.2, 0) is 0 Å². The molecule has 20 heavy (non-hydrogen) atoms. The zero-order chi connectivity index (χ0) is 14.2.